The van der Waals surface area contributed by atoms with Crippen LogP contribution in [0.25, 0.3) is 5.69 Å². The zero-order valence-electron chi connectivity index (χ0n) is 7.94. The van der Waals surface area contributed by atoms with E-state index in [1.54, 1.807) is 18.2 Å². The van der Waals surface area contributed by atoms with Gasteiger partial charge in [-0.05, 0) is 12.1 Å². The van der Waals surface area contributed by atoms with Gasteiger partial charge in [0.05, 0.1) is 15.7 Å². The number of aliphatic hydroxyl groups excluding tert-OH is 1. The normalized spacial score (nSPS) is 10.7. The van der Waals surface area contributed by atoms with Crippen LogP contribution in [0, 0.1) is 0 Å². The molecule has 0 bridgehead atoms. The Labute approximate surface area is 100 Å². The molecule has 7 heteroatoms. The molecular formula is C9H7Cl2N3O2. The van der Waals surface area contributed by atoms with E-state index < -0.39 is 5.69 Å². The van der Waals surface area contributed by atoms with E-state index in [1.807, 2.05) is 0 Å². The van der Waals surface area contributed by atoms with Crippen molar-refractivity contribution in [1.29, 1.82) is 0 Å². The van der Waals surface area contributed by atoms with Crippen molar-refractivity contribution in [1.82, 2.24) is 14.8 Å². The predicted molar refractivity (Wildman–Crippen MR) is 60.1 cm³/mol. The Bertz CT molecular complexity index is 576. The molecular weight excluding hydrogens is 253 g/mol. The molecule has 0 aliphatic rings. The molecule has 0 unspecified atom stereocenters. The van der Waals surface area contributed by atoms with Crippen molar-refractivity contribution in [2.24, 2.45) is 0 Å². The Morgan fingerprint density at radius 1 is 1.44 bits per heavy atom. The van der Waals surface area contributed by atoms with E-state index in [0.717, 1.165) is 4.68 Å². The van der Waals surface area contributed by atoms with Crippen molar-refractivity contribution < 1.29 is 5.11 Å². The van der Waals surface area contributed by atoms with E-state index in [2.05, 4.69) is 10.1 Å². The molecule has 0 radical (unpaired) electrons. The maximum atomic E-state index is 11.5. The van der Waals surface area contributed by atoms with Crippen LogP contribution < -0.4 is 5.69 Å². The van der Waals surface area contributed by atoms with Gasteiger partial charge in [-0.25, -0.2) is 4.79 Å². The average Bonchev–Trinajstić information content (AvgIpc) is 2.64. The number of H-pyrrole nitrogens is 1. The molecule has 0 aliphatic carbocycles. The van der Waals surface area contributed by atoms with Gasteiger partial charge in [0.2, 0.25) is 0 Å². The largest absolute Gasteiger partial charge is 0.388 e. The average molecular weight is 260 g/mol. The molecule has 84 valence electrons. The highest BCUT2D eigenvalue weighted by molar-refractivity contribution is 6.43. The first-order valence-corrected chi connectivity index (χ1v) is 5.12. The smallest absolute Gasteiger partial charge is 0.348 e. The topological polar surface area (TPSA) is 70.9 Å². The number of hydrogen-bond donors (Lipinski definition) is 2. The van der Waals surface area contributed by atoms with Gasteiger partial charge in [0.1, 0.15) is 6.61 Å². The number of nitrogens with one attached hydrogen (secondary N) is 1. The summed E-state index contributed by atoms with van der Waals surface area (Å²) in [4.78, 5) is 13.9. The standard InChI is InChI=1S/C9H7Cl2N3O2/c10-5-2-1-3-6(8(5)11)14-9(16)12-7(4-15)13-14/h1-3,15H,4H2,(H,12,13,16). The van der Waals surface area contributed by atoms with Crippen LogP contribution >= 0.6 is 23.2 Å². The molecule has 0 saturated carbocycles. The fourth-order valence-corrected chi connectivity index (χ4v) is 1.63. The molecule has 5 nitrogen and oxygen atoms in total. The Hall–Kier alpha value is -1.30. The van der Waals surface area contributed by atoms with E-state index in [0.29, 0.717) is 10.7 Å². The molecule has 0 fully saturated rings. The van der Waals surface area contributed by atoms with Crippen LogP contribution in [0.2, 0.25) is 10.0 Å². The lowest BCUT2D eigenvalue weighted by atomic mass is 10.3. The van der Waals surface area contributed by atoms with E-state index in [-0.39, 0.29) is 17.5 Å². The summed E-state index contributed by atoms with van der Waals surface area (Å²) in [5.41, 5.74) is -0.108. The second-order valence-electron chi connectivity index (χ2n) is 3.02. The summed E-state index contributed by atoms with van der Waals surface area (Å²) in [5, 5.41) is 13.3. The lowest BCUT2D eigenvalue weighted by Crippen LogP contribution is -2.16. The molecule has 0 atom stereocenters. The molecule has 0 aliphatic heterocycles. The maximum absolute atomic E-state index is 11.5. The molecule has 2 N–H and O–H groups in total. The first-order chi connectivity index (χ1) is 7.63. The Kier molecular flexibility index (Phi) is 3.00. The monoisotopic (exact) mass is 259 g/mol. The van der Waals surface area contributed by atoms with E-state index in [4.69, 9.17) is 28.3 Å². The number of benzene rings is 1. The number of aliphatic hydroxyl groups is 1. The molecule has 0 spiro atoms. The number of rotatable bonds is 2. The van der Waals surface area contributed by atoms with Crippen molar-refractivity contribution in [3.63, 3.8) is 0 Å². The molecule has 2 rings (SSSR count). The van der Waals surface area contributed by atoms with Crippen molar-refractivity contribution in [2.75, 3.05) is 0 Å². The summed E-state index contributed by atoms with van der Waals surface area (Å²) in [6, 6.07) is 4.87. The van der Waals surface area contributed by atoms with Gasteiger partial charge in [-0.15, -0.1) is 5.10 Å². The highest BCUT2D eigenvalue weighted by Gasteiger charge is 2.11. The Balaban J connectivity index is 2.63. The first-order valence-electron chi connectivity index (χ1n) is 4.37. The van der Waals surface area contributed by atoms with Crippen molar-refractivity contribution >= 4 is 23.2 Å². The van der Waals surface area contributed by atoms with Crippen LogP contribution in [0.5, 0.6) is 0 Å². The van der Waals surface area contributed by atoms with Crippen LogP contribution in [0.15, 0.2) is 23.0 Å². The Morgan fingerprint density at radius 3 is 2.81 bits per heavy atom. The molecule has 0 amide bonds. The van der Waals surface area contributed by atoms with Gasteiger partial charge in [0.25, 0.3) is 0 Å². The number of aromatic amines is 1. The quantitative estimate of drug-likeness (QED) is 0.856. The molecule has 1 aromatic carbocycles. The van der Waals surface area contributed by atoms with Gasteiger partial charge in [0.15, 0.2) is 5.82 Å². The summed E-state index contributed by atoms with van der Waals surface area (Å²) < 4.78 is 1.06. The van der Waals surface area contributed by atoms with Crippen LogP contribution in [-0.2, 0) is 6.61 Å². The summed E-state index contributed by atoms with van der Waals surface area (Å²) in [6.45, 7) is -0.347. The lowest BCUT2D eigenvalue weighted by molar-refractivity contribution is 0.271. The summed E-state index contributed by atoms with van der Waals surface area (Å²) >= 11 is 11.8. The number of aromatic nitrogens is 3. The molecule has 1 heterocycles. The lowest BCUT2D eigenvalue weighted by Gasteiger charge is -2.03. The Morgan fingerprint density at radius 2 is 2.19 bits per heavy atom. The highest BCUT2D eigenvalue weighted by Crippen LogP contribution is 2.27. The number of hydrogen-bond acceptors (Lipinski definition) is 3. The van der Waals surface area contributed by atoms with E-state index >= 15 is 0 Å². The molecule has 2 aromatic rings. The van der Waals surface area contributed by atoms with Gasteiger partial charge < -0.3 is 5.11 Å². The summed E-state index contributed by atoms with van der Waals surface area (Å²) in [6.07, 6.45) is 0. The second-order valence-corrected chi connectivity index (χ2v) is 3.80. The van der Waals surface area contributed by atoms with Gasteiger partial charge in [-0.2, -0.15) is 4.68 Å². The minimum atomic E-state index is -0.479. The minimum absolute atomic E-state index is 0.168. The SMILES string of the molecule is O=c1[nH]c(CO)nn1-c1cccc(Cl)c1Cl. The highest BCUT2D eigenvalue weighted by atomic mass is 35.5. The van der Waals surface area contributed by atoms with Gasteiger partial charge in [0, 0.05) is 0 Å². The molecule has 1 aromatic heterocycles. The third kappa shape index (κ3) is 1.84. The fourth-order valence-electron chi connectivity index (χ4n) is 1.26. The van der Waals surface area contributed by atoms with Crippen molar-refractivity contribution in [2.45, 2.75) is 6.61 Å². The van der Waals surface area contributed by atoms with Crippen molar-refractivity contribution in [3.05, 3.63) is 44.6 Å². The number of nitrogens with zero attached hydrogens (tertiary/aromatic N) is 2. The van der Waals surface area contributed by atoms with Crippen LogP contribution in [0.4, 0.5) is 0 Å². The summed E-state index contributed by atoms with van der Waals surface area (Å²) in [7, 11) is 0. The van der Waals surface area contributed by atoms with Crippen molar-refractivity contribution in [3.8, 4) is 5.69 Å². The first kappa shape index (κ1) is 11.2. The van der Waals surface area contributed by atoms with E-state index in [9.17, 15) is 4.79 Å². The number of halogens is 2. The summed E-state index contributed by atoms with van der Waals surface area (Å²) in [5.74, 6) is 0.168. The van der Waals surface area contributed by atoms with Gasteiger partial charge in [-0.3, -0.25) is 4.98 Å². The van der Waals surface area contributed by atoms with Gasteiger partial charge in [-0.1, -0.05) is 29.3 Å². The fraction of sp³-hybridized carbons (Fsp3) is 0.111. The minimum Gasteiger partial charge on any atom is -0.388 e. The third-order valence-electron chi connectivity index (χ3n) is 1.97. The van der Waals surface area contributed by atoms with Gasteiger partial charge >= 0.3 is 5.69 Å². The maximum Gasteiger partial charge on any atom is 0.348 e. The second kappa shape index (κ2) is 4.29. The predicted octanol–water partition coefficient (Wildman–Crippen LogP) is 1.36. The zero-order valence-corrected chi connectivity index (χ0v) is 9.46. The molecule has 0 saturated heterocycles. The van der Waals surface area contributed by atoms with Crippen LogP contribution in [0.1, 0.15) is 5.82 Å². The molecule has 16 heavy (non-hydrogen) atoms. The third-order valence-corrected chi connectivity index (χ3v) is 2.78. The van der Waals surface area contributed by atoms with Crippen LogP contribution in [-0.4, -0.2) is 19.9 Å². The van der Waals surface area contributed by atoms with Crippen LogP contribution in [0.3, 0.4) is 0 Å². The zero-order chi connectivity index (χ0) is 11.7. The van der Waals surface area contributed by atoms with E-state index in [1.165, 1.54) is 0 Å².